The maximum absolute atomic E-state index is 12.2. The largest absolute Gasteiger partial charge is 0.322 e. The first kappa shape index (κ1) is 14.8. The maximum Gasteiger partial charge on any atom is 0.288 e. The third kappa shape index (κ3) is 4.21. The van der Waals surface area contributed by atoms with Crippen molar-refractivity contribution < 1.29 is 13.6 Å². The quantitative estimate of drug-likeness (QED) is 0.813. The SMILES string of the molecule is O=C(Nc1ccc(SC(F)F)cc1)c1cccc(Cl)c1. The first-order valence-corrected chi connectivity index (χ1v) is 6.92. The van der Waals surface area contributed by atoms with Crippen LogP contribution in [-0.2, 0) is 0 Å². The first-order chi connectivity index (χ1) is 9.54. The minimum absolute atomic E-state index is 0.304. The Bertz CT molecular complexity index is 604. The summed E-state index contributed by atoms with van der Waals surface area (Å²) in [4.78, 5) is 12.4. The van der Waals surface area contributed by atoms with Gasteiger partial charge in [0.2, 0.25) is 0 Å². The van der Waals surface area contributed by atoms with Gasteiger partial charge in [0.15, 0.2) is 0 Å². The molecule has 0 aliphatic carbocycles. The molecule has 6 heteroatoms. The Labute approximate surface area is 124 Å². The van der Waals surface area contributed by atoms with E-state index in [1.54, 1.807) is 36.4 Å². The topological polar surface area (TPSA) is 29.1 Å². The molecule has 0 saturated carbocycles. The molecule has 0 atom stereocenters. The van der Waals surface area contributed by atoms with E-state index in [1.807, 2.05) is 0 Å². The molecule has 0 saturated heterocycles. The van der Waals surface area contributed by atoms with Crippen LogP contribution < -0.4 is 5.32 Å². The lowest BCUT2D eigenvalue weighted by atomic mass is 10.2. The molecule has 1 amide bonds. The molecule has 2 rings (SSSR count). The van der Waals surface area contributed by atoms with E-state index < -0.39 is 5.76 Å². The standard InChI is InChI=1S/C14H10ClF2NOS/c15-10-3-1-2-9(8-10)13(19)18-11-4-6-12(7-5-11)20-14(16)17/h1-8,14H,(H,18,19). The van der Waals surface area contributed by atoms with E-state index in [1.165, 1.54) is 12.1 Å². The summed E-state index contributed by atoms with van der Waals surface area (Å²) < 4.78 is 24.3. The molecule has 0 aromatic heterocycles. The molecule has 2 nitrogen and oxygen atoms in total. The van der Waals surface area contributed by atoms with Gasteiger partial charge < -0.3 is 5.32 Å². The Hall–Kier alpha value is -1.59. The van der Waals surface area contributed by atoms with Crippen molar-refractivity contribution in [1.29, 1.82) is 0 Å². The average molecular weight is 314 g/mol. The number of thioether (sulfide) groups is 1. The van der Waals surface area contributed by atoms with Gasteiger partial charge >= 0.3 is 0 Å². The summed E-state index contributed by atoms with van der Waals surface area (Å²) in [5.41, 5.74) is 0.970. The van der Waals surface area contributed by atoms with Crippen LogP contribution in [0.4, 0.5) is 14.5 Å². The average Bonchev–Trinajstić information content (AvgIpc) is 2.40. The Balaban J connectivity index is 2.04. The van der Waals surface area contributed by atoms with Crippen molar-refractivity contribution in [3.63, 3.8) is 0 Å². The van der Waals surface area contributed by atoms with Crippen molar-refractivity contribution in [2.75, 3.05) is 5.32 Å². The minimum atomic E-state index is -2.46. The van der Waals surface area contributed by atoms with E-state index in [9.17, 15) is 13.6 Å². The summed E-state index contributed by atoms with van der Waals surface area (Å²) in [7, 11) is 0. The molecule has 0 aliphatic rings. The Morgan fingerprint density at radius 2 is 1.85 bits per heavy atom. The van der Waals surface area contributed by atoms with Crippen LogP contribution in [-0.4, -0.2) is 11.7 Å². The highest BCUT2D eigenvalue weighted by Crippen LogP contribution is 2.26. The van der Waals surface area contributed by atoms with Crippen LogP contribution in [0.15, 0.2) is 53.4 Å². The monoisotopic (exact) mass is 313 g/mol. The maximum atomic E-state index is 12.2. The van der Waals surface area contributed by atoms with Crippen LogP contribution in [0.3, 0.4) is 0 Å². The lowest BCUT2D eigenvalue weighted by Crippen LogP contribution is -2.11. The summed E-state index contributed by atoms with van der Waals surface area (Å²) >= 11 is 6.27. The summed E-state index contributed by atoms with van der Waals surface area (Å²) in [6, 6.07) is 12.8. The molecular formula is C14H10ClF2NOS. The smallest absolute Gasteiger partial charge is 0.288 e. The van der Waals surface area contributed by atoms with Crippen LogP contribution in [0, 0.1) is 0 Å². The molecule has 0 heterocycles. The number of hydrogen-bond acceptors (Lipinski definition) is 2. The lowest BCUT2D eigenvalue weighted by Gasteiger charge is -2.06. The van der Waals surface area contributed by atoms with Gasteiger partial charge in [-0.1, -0.05) is 29.4 Å². The molecular weight excluding hydrogens is 304 g/mol. The van der Waals surface area contributed by atoms with Gasteiger partial charge in [-0.25, -0.2) is 0 Å². The number of halogens is 3. The van der Waals surface area contributed by atoms with Gasteiger partial charge in [-0.3, -0.25) is 4.79 Å². The number of carbonyl (C=O) groups is 1. The van der Waals surface area contributed by atoms with Crippen molar-refractivity contribution >= 4 is 35.0 Å². The predicted octanol–water partition coefficient (Wildman–Crippen LogP) is 4.91. The molecule has 0 aliphatic heterocycles. The molecule has 0 fully saturated rings. The van der Waals surface area contributed by atoms with E-state index >= 15 is 0 Å². The fraction of sp³-hybridized carbons (Fsp3) is 0.0714. The van der Waals surface area contributed by atoms with E-state index in [4.69, 9.17) is 11.6 Å². The van der Waals surface area contributed by atoms with E-state index in [2.05, 4.69) is 5.32 Å². The summed E-state index contributed by atoms with van der Waals surface area (Å²) in [6.07, 6.45) is 0. The zero-order chi connectivity index (χ0) is 14.5. The van der Waals surface area contributed by atoms with Crippen molar-refractivity contribution in [3.05, 3.63) is 59.1 Å². The second-order valence-corrected chi connectivity index (χ2v) is 5.37. The van der Waals surface area contributed by atoms with Gasteiger partial charge in [-0.2, -0.15) is 8.78 Å². The summed E-state index contributed by atoms with van der Waals surface area (Å²) in [5.74, 6) is -2.76. The number of anilines is 1. The molecule has 20 heavy (non-hydrogen) atoms. The van der Waals surface area contributed by atoms with Crippen LogP contribution in [0.5, 0.6) is 0 Å². The number of benzene rings is 2. The third-order valence-corrected chi connectivity index (χ3v) is 3.38. The Morgan fingerprint density at radius 1 is 1.15 bits per heavy atom. The van der Waals surface area contributed by atoms with Gasteiger partial charge in [0.05, 0.1) is 0 Å². The molecule has 0 radical (unpaired) electrons. The second-order valence-electron chi connectivity index (χ2n) is 3.87. The molecule has 1 N–H and O–H groups in total. The Morgan fingerprint density at radius 3 is 2.45 bits per heavy atom. The van der Waals surface area contributed by atoms with Gasteiger partial charge in [0.25, 0.3) is 11.7 Å². The molecule has 104 valence electrons. The number of nitrogens with one attached hydrogen (secondary N) is 1. The van der Waals surface area contributed by atoms with Crippen LogP contribution >= 0.6 is 23.4 Å². The van der Waals surface area contributed by atoms with Crippen molar-refractivity contribution in [3.8, 4) is 0 Å². The minimum Gasteiger partial charge on any atom is -0.322 e. The molecule has 0 bridgehead atoms. The number of carbonyl (C=O) groups excluding carboxylic acids is 1. The van der Waals surface area contributed by atoms with E-state index in [0.717, 1.165) is 0 Å². The molecule has 2 aromatic rings. The first-order valence-electron chi connectivity index (χ1n) is 5.66. The Kier molecular flexibility index (Phi) is 4.98. The van der Waals surface area contributed by atoms with Gasteiger partial charge in [-0.05, 0) is 42.5 Å². The van der Waals surface area contributed by atoms with Crippen molar-refractivity contribution in [2.45, 2.75) is 10.7 Å². The van der Waals surface area contributed by atoms with Crippen molar-refractivity contribution in [1.82, 2.24) is 0 Å². The molecule has 0 unspecified atom stereocenters. The zero-order valence-corrected chi connectivity index (χ0v) is 11.7. The van der Waals surface area contributed by atoms with E-state index in [-0.39, 0.29) is 5.91 Å². The summed E-state index contributed by atoms with van der Waals surface area (Å²) in [5, 5.41) is 3.15. The van der Waals surface area contributed by atoms with Gasteiger partial charge in [0.1, 0.15) is 0 Å². The highest BCUT2D eigenvalue weighted by atomic mass is 35.5. The van der Waals surface area contributed by atoms with Crippen molar-refractivity contribution in [2.24, 2.45) is 0 Å². The highest BCUT2D eigenvalue weighted by Gasteiger charge is 2.08. The lowest BCUT2D eigenvalue weighted by molar-refractivity contribution is 0.102. The molecule has 0 spiro atoms. The zero-order valence-electron chi connectivity index (χ0n) is 10.1. The fourth-order valence-corrected chi connectivity index (χ4v) is 2.24. The van der Waals surface area contributed by atoms with E-state index in [0.29, 0.717) is 32.9 Å². The number of amides is 1. The number of hydrogen-bond donors (Lipinski definition) is 1. The normalized spacial score (nSPS) is 10.6. The summed E-state index contributed by atoms with van der Waals surface area (Å²) in [6.45, 7) is 0. The fourth-order valence-electron chi connectivity index (χ4n) is 1.55. The number of rotatable bonds is 4. The van der Waals surface area contributed by atoms with Gasteiger partial charge in [-0.15, -0.1) is 0 Å². The highest BCUT2D eigenvalue weighted by molar-refractivity contribution is 7.99. The second kappa shape index (κ2) is 6.72. The van der Waals surface area contributed by atoms with Crippen LogP contribution in [0.1, 0.15) is 10.4 Å². The van der Waals surface area contributed by atoms with Crippen LogP contribution in [0.2, 0.25) is 5.02 Å². The van der Waals surface area contributed by atoms with Gasteiger partial charge in [0, 0.05) is 21.2 Å². The molecule has 2 aromatic carbocycles. The third-order valence-electron chi connectivity index (χ3n) is 2.42. The number of alkyl halides is 2. The van der Waals surface area contributed by atoms with Crippen LogP contribution in [0.25, 0.3) is 0 Å². The predicted molar refractivity (Wildman–Crippen MR) is 77.7 cm³/mol.